The first-order valence-corrected chi connectivity index (χ1v) is 8.52. The second-order valence-corrected chi connectivity index (χ2v) is 6.66. The van der Waals surface area contributed by atoms with E-state index in [4.69, 9.17) is 4.74 Å². The summed E-state index contributed by atoms with van der Waals surface area (Å²) in [5.74, 6) is 1.35. The molecule has 7 nitrogen and oxygen atoms in total. The Balaban J connectivity index is 1.63. The van der Waals surface area contributed by atoms with Gasteiger partial charge in [0.25, 0.3) is 0 Å². The van der Waals surface area contributed by atoms with Crippen LogP contribution in [0.4, 0.5) is 0 Å². The maximum atomic E-state index is 11.7. The molecule has 0 aliphatic carbocycles. The molecule has 25 heavy (non-hydrogen) atoms. The standard InChI is InChI=1S/C18H25N5O2/c1-21(2)18(24)14-25-13-15-9-22(11-16-5-3-4-6-19-16)12-17-20-7-8-23(17)10-15/h3-8,15H,9-14H2,1-2H3. The first-order valence-electron chi connectivity index (χ1n) is 8.52. The van der Waals surface area contributed by atoms with Crippen molar-refractivity contribution in [3.63, 3.8) is 0 Å². The number of pyridine rings is 1. The first-order chi connectivity index (χ1) is 12.1. The number of ether oxygens (including phenoxy) is 1. The van der Waals surface area contributed by atoms with E-state index in [9.17, 15) is 4.79 Å². The molecule has 0 saturated carbocycles. The van der Waals surface area contributed by atoms with E-state index in [1.54, 1.807) is 19.0 Å². The minimum Gasteiger partial charge on any atom is -0.371 e. The van der Waals surface area contributed by atoms with Crippen molar-refractivity contribution < 1.29 is 9.53 Å². The van der Waals surface area contributed by atoms with Gasteiger partial charge in [0.2, 0.25) is 5.91 Å². The number of amides is 1. The highest BCUT2D eigenvalue weighted by molar-refractivity contribution is 5.76. The Morgan fingerprint density at radius 2 is 2.16 bits per heavy atom. The van der Waals surface area contributed by atoms with Gasteiger partial charge < -0.3 is 14.2 Å². The third-order valence-corrected chi connectivity index (χ3v) is 4.33. The average molecular weight is 343 g/mol. The molecule has 1 unspecified atom stereocenters. The van der Waals surface area contributed by atoms with Crippen molar-refractivity contribution >= 4 is 5.91 Å². The Hall–Kier alpha value is -2.25. The number of rotatable bonds is 6. The molecule has 0 N–H and O–H groups in total. The molecule has 0 saturated heterocycles. The van der Waals surface area contributed by atoms with Gasteiger partial charge in [0, 0.05) is 58.2 Å². The molecule has 3 rings (SSSR count). The second kappa shape index (κ2) is 8.22. The molecular formula is C18H25N5O2. The minimum atomic E-state index is -0.0118. The summed E-state index contributed by atoms with van der Waals surface area (Å²) in [4.78, 5) is 24.5. The lowest BCUT2D eigenvalue weighted by molar-refractivity contribution is -0.134. The first kappa shape index (κ1) is 17.6. The molecule has 134 valence electrons. The fourth-order valence-corrected chi connectivity index (χ4v) is 3.01. The predicted molar refractivity (Wildman–Crippen MR) is 93.6 cm³/mol. The zero-order chi connectivity index (χ0) is 17.6. The molecule has 1 aliphatic rings. The van der Waals surface area contributed by atoms with Crippen LogP contribution in [0.15, 0.2) is 36.8 Å². The number of hydrogen-bond acceptors (Lipinski definition) is 5. The van der Waals surface area contributed by atoms with E-state index in [-0.39, 0.29) is 12.5 Å². The fourth-order valence-electron chi connectivity index (χ4n) is 3.01. The van der Waals surface area contributed by atoms with Crippen LogP contribution >= 0.6 is 0 Å². The summed E-state index contributed by atoms with van der Waals surface area (Å²) in [6.07, 6.45) is 5.67. The monoisotopic (exact) mass is 343 g/mol. The molecule has 0 radical (unpaired) electrons. The summed E-state index contributed by atoms with van der Waals surface area (Å²) < 4.78 is 7.86. The third-order valence-electron chi connectivity index (χ3n) is 4.33. The summed E-state index contributed by atoms with van der Waals surface area (Å²) in [7, 11) is 3.48. The molecule has 0 bridgehead atoms. The van der Waals surface area contributed by atoms with Crippen LogP contribution in [0.25, 0.3) is 0 Å². The Morgan fingerprint density at radius 1 is 1.28 bits per heavy atom. The summed E-state index contributed by atoms with van der Waals surface area (Å²) in [6.45, 7) is 3.98. The van der Waals surface area contributed by atoms with Gasteiger partial charge in [-0.15, -0.1) is 0 Å². The number of carbonyl (C=O) groups excluding carboxylic acids is 1. The topological polar surface area (TPSA) is 63.5 Å². The highest BCUT2D eigenvalue weighted by atomic mass is 16.5. The maximum Gasteiger partial charge on any atom is 0.248 e. The van der Waals surface area contributed by atoms with Crippen molar-refractivity contribution in [1.82, 2.24) is 24.3 Å². The van der Waals surface area contributed by atoms with Crippen molar-refractivity contribution in [3.8, 4) is 0 Å². The van der Waals surface area contributed by atoms with Crippen LogP contribution in [-0.4, -0.2) is 64.1 Å². The normalized spacial score (nSPS) is 17.8. The average Bonchev–Trinajstić information content (AvgIpc) is 2.95. The van der Waals surface area contributed by atoms with Crippen LogP contribution in [0.1, 0.15) is 11.5 Å². The molecular weight excluding hydrogens is 318 g/mol. The molecule has 2 aromatic rings. The number of fused-ring (bicyclic) bond motifs is 1. The van der Waals surface area contributed by atoms with Gasteiger partial charge in [-0.3, -0.25) is 14.7 Å². The molecule has 1 aliphatic heterocycles. The highest BCUT2D eigenvalue weighted by Crippen LogP contribution is 2.17. The molecule has 0 fully saturated rings. The van der Waals surface area contributed by atoms with Gasteiger partial charge in [-0.05, 0) is 12.1 Å². The summed E-state index contributed by atoms with van der Waals surface area (Å²) in [6, 6.07) is 5.98. The number of likely N-dealkylation sites (N-methyl/N-ethyl adjacent to an activating group) is 1. The van der Waals surface area contributed by atoms with E-state index in [1.807, 2.05) is 36.8 Å². The van der Waals surface area contributed by atoms with Crippen LogP contribution < -0.4 is 0 Å². The highest BCUT2D eigenvalue weighted by Gasteiger charge is 2.23. The van der Waals surface area contributed by atoms with Gasteiger partial charge in [0.15, 0.2) is 0 Å². The van der Waals surface area contributed by atoms with E-state index in [1.165, 1.54) is 0 Å². The van der Waals surface area contributed by atoms with E-state index < -0.39 is 0 Å². The number of nitrogens with zero attached hydrogens (tertiary/aromatic N) is 5. The quantitative estimate of drug-likeness (QED) is 0.783. The van der Waals surface area contributed by atoms with Gasteiger partial charge in [-0.25, -0.2) is 4.98 Å². The number of aromatic nitrogens is 3. The molecule has 0 spiro atoms. The van der Waals surface area contributed by atoms with Crippen LogP contribution in [0.2, 0.25) is 0 Å². The molecule has 3 heterocycles. The zero-order valence-electron chi connectivity index (χ0n) is 14.8. The van der Waals surface area contributed by atoms with Gasteiger partial charge >= 0.3 is 0 Å². The van der Waals surface area contributed by atoms with Gasteiger partial charge in [0.05, 0.1) is 18.8 Å². The third kappa shape index (κ3) is 4.87. The van der Waals surface area contributed by atoms with E-state index >= 15 is 0 Å². The van der Waals surface area contributed by atoms with Crippen molar-refractivity contribution in [2.75, 3.05) is 33.9 Å². The van der Waals surface area contributed by atoms with Crippen molar-refractivity contribution in [2.45, 2.75) is 19.6 Å². The van der Waals surface area contributed by atoms with Gasteiger partial charge in [-0.2, -0.15) is 0 Å². The van der Waals surface area contributed by atoms with Crippen LogP contribution in [-0.2, 0) is 29.2 Å². The SMILES string of the molecule is CN(C)C(=O)COCC1CN(Cc2ccccn2)Cc2nccn2C1. The molecule has 7 heteroatoms. The van der Waals surface area contributed by atoms with Crippen LogP contribution in [0, 0.1) is 5.92 Å². The van der Waals surface area contributed by atoms with E-state index in [0.717, 1.165) is 37.7 Å². The number of carbonyl (C=O) groups is 1. The Bertz CT molecular complexity index is 686. The lowest BCUT2D eigenvalue weighted by atomic mass is 10.1. The van der Waals surface area contributed by atoms with E-state index in [0.29, 0.717) is 12.5 Å². The summed E-state index contributed by atoms with van der Waals surface area (Å²) >= 11 is 0. The predicted octanol–water partition coefficient (Wildman–Crippen LogP) is 1.01. The molecule has 1 atom stereocenters. The number of imidazole rings is 1. The Labute approximate surface area is 148 Å². The summed E-state index contributed by atoms with van der Waals surface area (Å²) in [5, 5.41) is 0. The lowest BCUT2D eigenvalue weighted by Crippen LogP contribution is -2.32. The van der Waals surface area contributed by atoms with E-state index in [2.05, 4.69) is 19.4 Å². The Morgan fingerprint density at radius 3 is 2.92 bits per heavy atom. The minimum absolute atomic E-state index is 0.0118. The molecule has 0 aromatic carbocycles. The zero-order valence-corrected chi connectivity index (χ0v) is 14.8. The lowest BCUT2D eigenvalue weighted by Gasteiger charge is -2.23. The van der Waals surface area contributed by atoms with Crippen LogP contribution in [0.3, 0.4) is 0 Å². The fraction of sp³-hybridized carbons (Fsp3) is 0.500. The smallest absolute Gasteiger partial charge is 0.248 e. The van der Waals surface area contributed by atoms with Crippen molar-refractivity contribution in [3.05, 3.63) is 48.3 Å². The van der Waals surface area contributed by atoms with Gasteiger partial charge in [0.1, 0.15) is 12.4 Å². The molecule has 2 aromatic heterocycles. The largest absolute Gasteiger partial charge is 0.371 e. The van der Waals surface area contributed by atoms with Crippen molar-refractivity contribution in [2.24, 2.45) is 5.92 Å². The Kier molecular flexibility index (Phi) is 5.78. The van der Waals surface area contributed by atoms with Crippen molar-refractivity contribution in [1.29, 1.82) is 0 Å². The maximum absolute atomic E-state index is 11.7. The van der Waals surface area contributed by atoms with Crippen LogP contribution in [0.5, 0.6) is 0 Å². The molecule has 1 amide bonds. The number of hydrogen-bond donors (Lipinski definition) is 0. The van der Waals surface area contributed by atoms with Gasteiger partial charge in [-0.1, -0.05) is 6.07 Å². The summed E-state index contributed by atoms with van der Waals surface area (Å²) in [5.41, 5.74) is 1.05. The second-order valence-electron chi connectivity index (χ2n) is 6.66.